The molecule has 3 rings (SSSR count). The third-order valence-electron chi connectivity index (χ3n) is 2.93. The first-order chi connectivity index (χ1) is 9.78. The van der Waals surface area contributed by atoms with Gasteiger partial charge in [-0.15, -0.1) is 11.3 Å². The van der Waals surface area contributed by atoms with E-state index in [1.165, 1.54) is 16.1 Å². The summed E-state index contributed by atoms with van der Waals surface area (Å²) in [7, 11) is 0. The molecule has 3 aromatic rings. The molecule has 0 unspecified atom stereocenters. The minimum Gasteiger partial charge on any atom is -0.300 e. The van der Waals surface area contributed by atoms with Crippen molar-refractivity contribution >= 4 is 33.4 Å². The number of anilines is 1. The Hall–Kier alpha value is -2.28. The van der Waals surface area contributed by atoms with Gasteiger partial charge < -0.3 is 5.32 Å². The number of fused-ring (bicyclic) bond motifs is 1. The van der Waals surface area contributed by atoms with E-state index < -0.39 is 6.04 Å². The highest BCUT2D eigenvalue weighted by Gasteiger charge is 2.21. The third-order valence-corrected chi connectivity index (χ3v) is 3.62. The van der Waals surface area contributed by atoms with E-state index in [1.54, 1.807) is 6.20 Å². The summed E-state index contributed by atoms with van der Waals surface area (Å²) in [5, 5.41) is 13.9. The molecular formula is C13H13N5OS. The normalized spacial score (nSPS) is 12.4. The fourth-order valence-corrected chi connectivity index (χ4v) is 2.48. The van der Waals surface area contributed by atoms with Crippen LogP contribution in [0.1, 0.15) is 19.4 Å². The van der Waals surface area contributed by atoms with Crippen LogP contribution in [0.3, 0.4) is 0 Å². The van der Waals surface area contributed by atoms with Crippen LogP contribution in [0.15, 0.2) is 35.8 Å². The average molecular weight is 287 g/mol. The van der Waals surface area contributed by atoms with Crippen molar-refractivity contribution in [2.75, 3.05) is 5.32 Å². The lowest BCUT2D eigenvalue weighted by Crippen LogP contribution is -2.27. The number of aromatic nitrogens is 4. The summed E-state index contributed by atoms with van der Waals surface area (Å²) in [4.78, 5) is 17.8. The zero-order chi connectivity index (χ0) is 13.9. The Morgan fingerprint density at radius 1 is 1.35 bits per heavy atom. The first-order valence-corrected chi connectivity index (χ1v) is 7.18. The van der Waals surface area contributed by atoms with Gasteiger partial charge in [0.05, 0.1) is 0 Å². The van der Waals surface area contributed by atoms with Crippen LogP contribution in [0.4, 0.5) is 5.13 Å². The van der Waals surface area contributed by atoms with Crippen molar-refractivity contribution in [1.82, 2.24) is 20.0 Å². The Morgan fingerprint density at radius 3 is 2.60 bits per heavy atom. The van der Waals surface area contributed by atoms with E-state index in [2.05, 4.69) is 20.5 Å². The van der Waals surface area contributed by atoms with E-state index in [1.807, 2.05) is 36.6 Å². The number of nitrogens with one attached hydrogen (secondary N) is 1. The molecule has 0 fully saturated rings. The molecule has 7 heteroatoms. The quantitative estimate of drug-likeness (QED) is 0.800. The van der Waals surface area contributed by atoms with E-state index in [4.69, 9.17) is 0 Å². The number of rotatable bonds is 4. The van der Waals surface area contributed by atoms with Crippen LogP contribution in [0.25, 0.3) is 11.0 Å². The van der Waals surface area contributed by atoms with E-state index >= 15 is 0 Å². The van der Waals surface area contributed by atoms with Crippen LogP contribution in [0.5, 0.6) is 0 Å². The number of nitrogens with zero attached hydrogens (tertiary/aromatic N) is 4. The van der Waals surface area contributed by atoms with Gasteiger partial charge in [0.1, 0.15) is 11.0 Å². The molecule has 0 aliphatic heterocycles. The molecule has 2 heterocycles. The number of carbonyl (C=O) groups excluding carboxylic acids is 1. The molecule has 1 atom stereocenters. The number of benzene rings is 1. The largest absolute Gasteiger partial charge is 0.300 e. The molecule has 0 radical (unpaired) electrons. The van der Waals surface area contributed by atoms with Crippen molar-refractivity contribution in [3.8, 4) is 0 Å². The molecule has 0 aliphatic carbocycles. The molecule has 1 N–H and O–H groups in total. The van der Waals surface area contributed by atoms with Gasteiger partial charge in [0.25, 0.3) is 5.91 Å². The monoisotopic (exact) mass is 287 g/mol. The van der Waals surface area contributed by atoms with Gasteiger partial charge in [-0.25, -0.2) is 4.98 Å². The van der Waals surface area contributed by atoms with Gasteiger partial charge in [0.2, 0.25) is 0 Å². The Bertz CT molecular complexity index is 688. The lowest BCUT2D eigenvalue weighted by molar-refractivity contribution is -0.119. The van der Waals surface area contributed by atoms with Gasteiger partial charge in [-0.3, -0.25) is 4.79 Å². The number of thiazole rings is 1. The molecule has 102 valence electrons. The number of hydrogen-bond acceptors (Lipinski definition) is 5. The highest BCUT2D eigenvalue weighted by Crippen LogP contribution is 2.17. The molecule has 0 saturated heterocycles. The predicted octanol–water partition coefficient (Wildman–Crippen LogP) is 2.48. The standard InChI is InChI=1S/C13H13N5OS/c1-2-11(12(19)15-13-14-7-8-20-13)18-16-9-5-3-4-6-10(9)17-18/h3-8,11H,2H2,1H3,(H,14,15,19)/t11-/m0/s1. The van der Waals surface area contributed by atoms with Crippen LogP contribution < -0.4 is 5.32 Å². The van der Waals surface area contributed by atoms with E-state index in [0.717, 1.165) is 11.0 Å². The Balaban J connectivity index is 1.86. The Kier molecular flexibility index (Phi) is 3.42. The summed E-state index contributed by atoms with van der Waals surface area (Å²) in [6, 6.07) is 7.12. The maximum Gasteiger partial charge on any atom is 0.252 e. The highest BCUT2D eigenvalue weighted by atomic mass is 32.1. The van der Waals surface area contributed by atoms with Gasteiger partial charge in [-0.2, -0.15) is 15.0 Å². The highest BCUT2D eigenvalue weighted by molar-refractivity contribution is 7.13. The maximum absolute atomic E-state index is 12.3. The minimum atomic E-state index is -0.439. The molecule has 1 aromatic carbocycles. The predicted molar refractivity (Wildman–Crippen MR) is 77.6 cm³/mol. The molecule has 20 heavy (non-hydrogen) atoms. The summed E-state index contributed by atoms with van der Waals surface area (Å²) in [5.41, 5.74) is 1.57. The van der Waals surface area contributed by atoms with Gasteiger partial charge >= 0.3 is 0 Å². The Morgan fingerprint density at radius 2 is 2.05 bits per heavy atom. The molecule has 6 nitrogen and oxygen atoms in total. The molecule has 0 spiro atoms. The lowest BCUT2D eigenvalue weighted by atomic mass is 10.2. The van der Waals surface area contributed by atoms with Gasteiger partial charge in [-0.05, 0) is 18.6 Å². The molecule has 2 aromatic heterocycles. The zero-order valence-electron chi connectivity index (χ0n) is 10.9. The van der Waals surface area contributed by atoms with E-state index in [0.29, 0.717) is 11.6 Å². The van der Waals surface area contributed by atoms with Crippen LogP contribution in [0.2, 0.25) is 0 Å². The van der Waals surface area contributed by atoms with Crippen molar-refractivity contribution in [1.29, 1.82) is 0 Å². The topological polar surface area (TPSA) is 72.7 Å². The van der Waals surface area contributed by atoms with E-state index in [9.17, 15) is 4.79 Å². The zero-order valence-corrected chi connectivity index (χ0v) is 11.7. The fraction of sp³-hybridized carbons (Fsp3) is 0.231. The number of amides is 1. The smallest absolute Gasteiger partial charge is 0.252 e. The van der Waals surface area contributed by atoms with Crippen molar-refractivity contribution in [3.63, 3.8) is 0 Å². The second-order valence-electron chi connectivity index (χ2n) is 4.26. The lowest BCUT2D eigenvalue weighted by Gasteiger charge is -2.12. The fourth-order valence-electron chi connectivity index (χ4n) is 1.94. The first kappa shape index (κ1) is 12.7. The second-order valence-corrected chi connectivity index (χ2v) is 5.15. The van der Waals surface area contributed by atoms with Crippen LogP contribution in [-0.2, 0) is 4.79 Å². The summed E-state index contributed by atoms with van der Waals surface area (Å²) in [6.07, 6.45) is 2.26. The number of carbonyl (C=O) groups is 1. The summed E-state index contributed by atoms with van der Waals surface area (Å²) < 4.78 is 0. The maximum atomic E-state index is 12.3. The summed E-state index contributed by atoms with van der Waals surface area (Å²) in [6.45, 7) is 1.93. The third kappa shape index (κ3) is 2.39. The first-order valence-electron chi connectivity index (χ1n) is 6.30. The van der Waals surface area contributed by atoms with Crippen LogP contribution >= 0.6 is 11.3 Å². The van der Waals surface area contributed by atoms with Gasteiger partial charge in [-0.1, -0.05) is 19.1 Å². The second kappa shape index (κ2) is 5.38. The van der Waals surface area contributed by atoms with Crippen molar-refractivity contribution in [2.45, 2.75) is 19.4 Å². The molecule has 0 saturated carbocycles. The summed E-state index contributed by atoms with van der Waals surface area (Å²) in [5.74, 6) is -0.150. The average Bonchev–Trinajstić information content (AvgIpc) is 3.08. The van der Waals surface area contributed by atoms with Crippen LogP contribution in [0, 0.1) is 0 Å². The molecule has 0 aliphatic rings. The van der Waals surface area contributed by atoms with Gasteiger partial charge in [0, 0.05) is 11.6 Å². The minimum absolute atomic E-state index is 0.150. The number of hydrogen-bond donors (Lipinski definition) is 1. The molecular weight excluding hydrogens is 274 g/mol. The molecule has 0 bridgehead atoms. The van der Waals surface area contributed by atoms with Crippen LogP contribution in [-0.4, -0.2) is 25.9 Å². The van der Waals surface area contributed by atoms with Crippen molar-refractivity contribution in [3.05, 3.63) is 35.8 Å². The SMILES string of the molecule is CC[C@@H](C(=O)Nc1nccs1)n1nc2ccccc2n1. The van der Waals surface area contributed by atoms with E-state index in [-0.39, 0.29) is 5.91 Å². The van der Waals surface area contributed by atoms with Crippen molar-refractivity contribution in [2.24, 2.45) is 0 Å². The summed E-state index contributed by atoms with van der Waals surface area (Å²) >= 11 is 1.39. The molecule has 1 amide bonds. The Labute approximate surface area is 119 Å². The van der Waals surface area contributed by atoms with Crippen molar-refractivity contribution < 1.29 is 4.79 Å². The van der Waals surface area contributed by atoms with Gasteiger partial charge in [0.15, 0.2) is 11.2 Å².